The van der Waals surface area contributed by atoms with Crippen molar-refractivity contribution >= 4 is 19.8 Å². The van der Waals surface area contributed by atoms with Gasteiger partial charge < -0.3 is 14.3 Å². The van der Waals surface area contributed by atoms with Gasteiger partial charge in [0.15, 0.2) is 0 Å². The Morgan fingerprint density at radius 2 is 1.32 bits per heavy atom. The van der Waals surface area contributed by atoms with Gasteiger partial charge in [-0.15, -0.1) is 0 Å². The van der Waals surface area contributed by atoms with Crippen LogP contribution in [0.15, 0.2) is 97.1 Å². The highest BCUT2D eigenvalue weighted by Crippen LogP contribution is 2.57. The molecule has 1 N–H and O–H groups in total. The molecule has 1 atom stereocenters. The summed E-state index contributed by atoms with van der Waals surface area (Å²) >= 11 is 0. The Morgan fingerprint density at radius 3 is 1.95 bits per heavy atom. The predicted octanol–water partition coefficient (Wildman–Crippen LogP) is 8.71. The number of ether oxygens (including phenoxy) is 1. The Labute approximate surface area is 238 Å². The first kappa shape index (κ1) is 26.4. The first-order chi connectivity index (χ1) is 19.1. The maximum atomic E-state index is 13.2. The van der Waals surface area contributed by atoms with E-state index in [1.54, 1.807) is 7.11 Å². The predicted molar refractivity (Wildman–Crippen MR) is 167 cm³/mol. The Kier molecular flexibility index (Phi) is 6.36. The molecule has 0 aliphatic heterocycles. The van der Waals surface area contributed by atoms with Gasteiger partial charge in [0.25, 0.3) is 9.04 Å². The SMILES string of the molecule is COc1cc(O[Si](C)C)c2c3c(cc(C(C)(C)C)c2c1)C(O)(c1ccccc1-c1ccccc1)c1ccccc1-3. The Balaban J connectivity index is 1.80. The third-order valence-electron chi connectivity index (χ3n) is 7.91. The maximum absolute atomic E-state index is 13.2. The number of aliphatic hydroxyl groups is 1. The zero-order valence-corrected chi connectivity index (χ0v) is 25.0. The van der Waals surface area contributed by atoms with Gasteiger partial charge in [0, 0.05) is 33.7 Å². The van der Waals surface area contributed by atoms with Crippen LogP contribution in [0.3, 0.4) is 0 Å². The van der Waals surface area contributed by atoms with Gasteiger partial charge in [0.2, 0.25) is 0 Å². The highest BCUT2D eigenvalue weighted by Gasteiger charge is 2.46. The van der Waals surface area contributed by atoms with Crippen LogP contribution in [-0.2, 0) is 11.0 Å². The molecule has 1 aliphatic carbocycles. The molecule has 0 spiro atoms. The van der Waals surface area contributed by atoms with E-state index in [4.69, 9.17) is 9.16 Å². The lowest BCUT2D eigenvalue weighted by molar-refractivity contribution is 0.131. The second-order valence-electron chi connectivity index (χ2n) is 11.8. The average molecular weight is 544 g/mol. The van der Waals surface area contributed by atoms with Gasteiger partial charge in [-0.1, -0.05) is 106 Å². The van der Waals surface area contributed by atoms with Crippen molar-refractivity contribution in [2.45, 2.75) is 44.9 Å². The molecule has 4 heteroatoms. The molecule has 0 aromatic heterocycles. The highest BCUT2D eigenvalue weighted by molar-refractivity contribution is 6.49. The van der Waals surface area contributed by atoms with E-state index in [0.29, 0.717) is 0 Å². The van der Waals surface area contributed by atoms with E-state index < -0.39 is 14.6 Å². The van der Waals surface area contributed by atoms with Gasteiger partial charge >= 0.3 is 0 Å². The van der Waals surface area contributed by atoms with Crippen LogP contribution in [0.1, 0.15) is 43.0 Å². The molecule has 5 aromatic rings. The van der Waals surface area contributed by atoms with Gasteiger partial charge in [-0.25, -0.2) is 0 Å². The molecule has 40 heavy (non-hydrogen) atoms. The topological polar surface area (TPSA) is 38.7 Å². The normalized spacial score (nSPS) is 16.2. The number of rotatable bonds is 5. The fourth-order valence-electron chi connectivity index (χ4n) is 6.21. The number of fused-ring (bicyclic) bond motifs is 5. The summed E-state index contributed by atoms with van der Waals surface area (Å²) in [5.74, 6) is 1.58. The van der Waals surface area contributed by atoms with E-state index in [2.05, 4.69) is 88.5 Å². The van der Waals surface area contributed by atoms with Crippen LogP contribution in [-0.4, -0.2) is 21.3 Å². The molecule has 0 saturated heterocycles. The summed E-state index contributed by atoms with van der Waals surface area (Å²) in [6, 6.07) is 33.2. The molecule has 201 valence electrons. The molecule has 1 radical (unpaired) electrons. The molecule has 0 saturated carbocycles. The van der Waals surface area contributed by atoms with Crippen molar-refractivity contribution in [1.82, 2.24) is 0 Å². The van der Waals surface area contributed by atoms with E-state index in [1.807, 2.05) is 42.5 Å². The molecular formula is C36H35O3Si. The van der Waals surface area contributed by atoms with Gasteiger partial charge in [0.05, 0.1) is 7.11 Å². The summed E-state index contributed by atoms with van der Waals surface area (Å²) in [4.78, 5) is 0. The summed E-state index contributed by atoms with van der Waals surface area (Å²) in [7, 11) is 0.618. The summed E-state index contributed by atoms with van der Waals surface area (Å²) in [5, 5.41) is 15.3. The zero-order chi connectivity index (χ0) is 28.2. The molecule has 1 unspecified atom stereocenters. The lowest BCUT2D eigenvalue weighted by Crippen LogP contribution is -2.28. The second-order valence-corrected chi connectivity index (χ2v) is 13.8. The van der Waals surface area contributed by atoms with Crippen LogP contribution >= 0.6 is 0 Å². The summed E-state index contributed by atoms with van der Waals surface area (Å²) in [6.45, 7) is 11.0. The largest absolute Gasteiger partial charge is 0.542 e. The smallest absolute Gasteiger partial charge is 0.274 e. The quantitative estimate of drug-likeness (QED) is 0.225. The minimum atomic E-state index is -1.35. The zero-order valence-electron chi connectivity index (χ0n) is 24.0. The molecule has 0 fully saturated rings. The molecule has 3 nitrogen and oxygen atoms in total. The molecule has 5 aromatic carbocycles. The van der Waals surface area contributed by atoms with Gasteiger partial charge in [-0.05, 0) is 52.2 Å². The van der Waals surface area contributed by atoms with Crippen molar-refractivity contribution in [2.24, 2.45) is 0 Å². The van der Waals surface area contributed by atoms with E-state index >= 15 is 0 Å². The van der Waals surface area contributed by atoms with Crippen molar-refractivity contribution < 1.29 is 14.3 Å². The van der Waals surface area contributed by atoms with Crippen LogP contribution in [0.2, 0.25) is 13.1 Å². The lowest BCUT2D eigenvalue weighted by Gasteiger charge is -2.31. The molecule has 1 aliphatic rings. The van der Waals surface area contributed by atoms with E-state index in [1.165, 1.54) is 0 Å². The fraction of sp³-hybridized carbons (Fsp3) is 0.222. The van der Waals surface area contributed by atoms with E-state index in [9.17, 15) is 5.11 Å². The third kappa shape index (κ3) is 4.06. The first-order valence-corrected chi connectivity index (χ1v) is 16.2. The van der Waals surface area contributed by atoms with Gasteiger partial charge in [-0.3, -0.25) is 0 Å². The number of hydrogen-bond donors (Lipinski definition) is 1. The Hall–Kier alpha value is -3.86. The summed E-state index contributed by atoms with van der Waals surface area (Å²) < 4.78 is 12.3. The molecule has 0 amide bonds. The van der Waals surface area contributed by atoms with Crippen molar-refractivity contribution in [3.63, 3.8) is 0 Å². The van der Waals surface area contributed by atoms with Crippen LogP contribution in [0.25, 0.3) is 33.0 Å². The lowest BCUT2D eigenvalue weighted by atomic mass is 9.76. The number of hydrogen-bond acceptors (Lipinski definition) is 3. The van der Waals surface area contributed by atoms with Gasteiger partial charge in [-0.2, -0.15) is 0 Å². The molecule has 0 bridgehead atoms. The first-order valence-electron chi connectivity index (χ1n) is 13.8. The third-order valence-corrected chi connectivity index (χ3v) is 8.54. The van der Waals surface area contributed by atoms with Crippen LogP contribution in [0.5, 0.6) is 11.5 Å². The van der Waals surface area contributed by atoms with Crippen LogP contribution in [0, 0.1) is 0 Å². The van der Waals surface area contributed by atoms with Crippen LogP contribution in [0.4, 0.5) is 0 Å². The fourth-order valence-corrected chi connectivity index (χ4v) is 6.81. The molecular weight excluding hydrogens is 508 g/mol. The second kappa shape index (κ2) is 9.65. The average Bonchev–Trinajstić information content (AvgIpc) is 3.21. The monoisotopic (exact) mass is 543 g/mol. The summed E-state index contributed by atoms with van der Waals surface area (Å²) in [6.07, 6.45) is 0. The van der Waals surface area contributed by atoms with Crippen molar-refractivity contribution in [2.75, 3.05) is 7.11 Å². The van der Waals surface area contributed by atoms with E-state index in [-0.39, 0.29) is 5.41 Å². The molecule has 0 heterocycles. The Morgan fingerprint density at radius 1 is 0.725 bits per heavy atom. The maximum Gasteiger partial charge on any atom is 0.274 e. The number of benzene rings is 5. The van der Waals surface area contributed by atoms with Crippen molar-refractivity contribution in [1.29, 1.82) is 0 Å². The molecule has 6 rings (SSSR count). The minimum absolute atomic E-state index is 0.197. The highest BCUT2D eigenvalue weighted by atomic mass is 28.3. The number of methoxy groups -OCH3 is 1. The Bertz CT molecular complexity index is 1730. The van der Waals surface area contributed by atoms with Crippen molar-refractivity contribution in [3.8, 4) is 33.8 Å². The van der Waals surface area contributed by atoms with Gasteiger partial charge in [0.1, 0.15) is 17.1 Å². The summed E-state index contributed by atoms with van der Waals surface area (Å²) in [5.41, 5.74) is 6.42. The minimum Gasteiger partial charge on any atom is -0.542 e. The standard InChI is InChI=1S/C36H35O3Si/c1-35(2,3)30-22-31-33(34-27(30)20-24(38-4)21-32(34)39-40(5)6)26-17-11-13-19-29(26)36(31,37)28-18-12-10-16-25(28)23-14-8-7-9-15-23/h7-22,37H,1-6H3. The van der Waals surface area contributed by atoms with Crippen LogP contribution < -0.4 is 9.16 Å². The van der Waals surface area contributed by atoms with E-state index in [0.717, 1.165) is 66.8 Å². The van der Waals surface area contributed by atoms with Crippen molar-refractivity contribution in [3.05, 3.63) is 119 Å².